The maximum Gasteiger partial charge on any atom is 0.278 e. The van der Waals surface area contributed by atoms with Crippen molar-refractivity contribution in [1.29, 1.82) is 5.41 Å². The number of aliphatic hydroxyl groups is 1. The topological polar surface area (TPSA) is 101 Å². The quantitative estimate of drug-likeness (QED) is 0.362. The van der Waals surface area contributed by atoms with Crippen LogP contribution in [0.3, 0.4) is 0 Å². The van der Waals surface area contributed by atoms with Crippen molar-refractivity contribution in [2.24, 2.45) is 5.92 Å². The molecule has 7 heteroatoms. The number of ether oxygens (including phenoxy) is 3. The fourth-order valence-corrected chi connectivity index (χ4v) is 2.81. The molecular weight excluding hydrogens is 396 g/mol. The van der Waals surface area contributed by atoms with Gasteiger partial charge in [-0.05, 0) is 67.6 Å². The van der Waals surface area contributed by atoms with E-state index in [1.165, 1.54) is 25.8 Å². The van der Waals surface area contributed by atoms with E-state index in [0.29, 0.717) is 23.0 Å². The molecule has 7 nitrogen and oxygen atoms in total. The Morgan fingerprint density at radius 2 is 1.90 bits per heavy atom. The van der Waals surface area contributed by atoms with Crippen LogP contribution < -0.4 is 14.8 Å². The first-order valence-electron chi connectivity index (χ1n) is 10.3. The monoisotopic (exact) mass is 424 g/mol. The fraction of sp³-hybridized carbons (Fsp3) is 0.333. The maximum absolute atomic E-state index is 11.0. The Morgan fingerprint density at radius 3 is 2.58 bits per heavy atom. The second kappa shape index (κ2) is 10.5. The summed E-state index contributed by atoms with van der Waals surface area (Å²) >= 11 is 0. The number of hydrogen-bond acceptors (Lipinski definition) is 6. The van der Waals surface area contributed by atoms with Crippen LogP contribution in [0.5, 0.6) is 17.2 Å². The molecular formula is C24H28N2O5. The van der Waals surface area contributed by atoms with Crippen LogP contribution in [0.15, 0.2) is 60.6 Å². The molecule has 0 aromatic heterocycles. The summed E-state index contributed by atoms with van der Waals surface area (Å²) in [6, 6.07) is 14.2. The van der Waals surface area contributed by atoms with Crippen molar-refractivity contribution in [2.45, 2.75) is 32.7 Å². The standard InChI is InChI=1S/C24H28N2O5/c1-16(26-17(2)27)14-30-24(28)13-23(25)19-8-10-20(11-9-19)31-22-5-3-4-21(12-22)29-15-18-6-7-18/h3-5,8-13,16,18,25,28H,6-7,14-15H2,1-2H3,(H,26,27)/b24-13+,25-23?/t16-/m0/s1. The van der Waals surface area contributed by atoms with Gasteiger partial charge in [-0.15, -0.1) is 0 Å². The van der Waals surface area contributed by atoms with E-state index in [1.54, 1.807) is 31.2 Å². The highest BCUT2D eigenvalue weighted by molar-refractivity contribution is 6.06. The number of amides is 1. The highest BCUT2D eigenvalue weighted by Crippen LogP contribution is 2.31. The summed E-state index contributed by atoms with van der Waals surface area (Å²) in [7, 11) is 0. The molecule has 0 heterocycles. The first-order chi connectivity index (χ1) is 14.9. The number of carbonyl (C=O) groups excluding carboxylic acids is 1. The molecule has 0 bridgehead atoms. The molecule has 1 fully saturated rings. The molecule has 1 aliphatic rings. The summed E-state index contributed by atoms with van der Waals surface area (Å²) in [5.41, 5.74) is 0.686. The van der Waals surface area contributed by atoms with Gasteiger partial charge in [0.1, 0.15) is 23.9 Å². The van der Waals surface area contributed by atoms with E-state index < -0.39 is 0 Å². The van der Waals surface area contributed by atoms with Crippen molar-refractivity contribution in [2.75, 3.05) is 13.2 Å². The van der Waals surface area contributed by atoms with Crippen LogP contribution in [0.2, 0.25) is 0 Å². The molecule has 1 atom stereocenters. The predicted molar refractivity (Wildman–Crippen MR) is 118 cm³/mol. The van der Waals surface area contributed by atoms with Gasteiger partial charge in [-0.1, -0.05) is 6.07 Å². The number of hydrogen-bond donors (Lipinski definition) is 3. The zero-order valence-corrected chi connectivity index (χ0v) is 17.8. The third-order valence-corrected chi connectivity index (χ3v) is 4.59. The lowest BCUT2D eigenvalue weighted by molar-refractivity contribution is -0.120. The Balaban J connectivity index is 1.52. The van der Waals surface area contributed by atoms with E-state index in [4.69, 9.17) is 19.6 Å². The predicted octanol–water partition coefficient (Wildman–Crippen LogP) is 4.58. The first kappa shape index (κ1) is 22.2. The minimum Gasteiger partial charge on any atom is -0.493 e. The van der Waals surface area contributed by atoms with Gasteiger partial charge in [0.2, 0.25) is 5.91 Å². The molecule has 0 unspecified atom stereocenters. The number of carbonyl (C=O) groups is 1. The lowest BCUT2D eigenvalue weighted by Crippen LogP contribution is -2.34. The third-order valence-electron chi connectivity index (χ3n) is 4.59. The summed E-state index contributed by atoms with van der Waals surface area (Å²) in [5.74, 6) is 2.22. The first-order valence-corrected chi connectivity index (χ1v) is 10.3. The molecule has 0 saturated heterocycles. The molecule has 0 radical (unpaired) electrons. The summed E-state index contributed by atoms with van der Waals surface area (Å²) < 4.78 is 16.8. The Kier molecular flexibility index (Phi) is 7.54. The molecule has 164 valence electrons. The zero-order valence-electron chi connectivity index (χ0n) is 17.8. The van der Waals surface area contributed by atoms with E-state index in [9.17, 15) is 9.90 Å². The average Bonchev–Trinajstić information content (AvgIpc) is 3.56. The van der Waals surface area contributed by atoms with E-state index in [2.05, 4.69) is 5.32 Å². The lowest BCUT2D eigenvalue weighted by Gasteiger charge is -2.13. The van der Waals surface area contributed by atoms with Gasteiger partial charge in [0.15, 0.2) is 0 Å². The van der Waals surface area contributed by atoms with Crippen LogP contribution in [0.1, 0.15) is 32.3 Å². The number of rotatable bonds is 11. The van der Waals surface area contributed by atoms with Gasteiger partial charge >= 0.3 is 0 Å². The molecule has 3 rings (SSSR count). The van der Waals surface area contributed by atoms with Crippen LogP contribution in [-0.2, 0) is 9.53 Å². The largest absolute Gasteiger partial charge is 0.493 e. The van der Waals surface area contributed by atoms with E-state index in [-0.39, 0.29) is 30.2 Å². The van der Waals surface area contributed by atoms with Gasteiger partial charge in [0.25, 0.3) is 5.95 Å². The van der Waals surface area contributed by atoms with Crippen LogP contribution in [-0.4, -0.2) is 36.0 Å². The van der Waals surface area contributed by atoms with Crippen molar-refractivity contribution in [3.05, 3.63) is 66.1 Å². The smallest absolute Gasteiger partial charge is 0.278 e. The molecule has 31 heavy (non-hydrogen) atoms. The summed E-state index contributed by atoms with van der Waals surface area (Å²) in [5, 5.41) is 20.6. The molecule has 1 saturated carbocycles. The number of allylic oxidation sites excluding steroid dienone is 1. The highest BCUT2D eigenvalue weighted by Gasteiger charge is 2.21. The Morgan fingerprint density at radius 1 is 1.19 bits per heavy atom. The van der Waals surface area contributed by atoms with Gasteiger partial charge in [-0.3, -0.25) is 4.79 Å². The van der Waals surface area contributed by atoms with Gasteiger partial charge in [0.05, 0.1) is 18.4 Å². The minimum atomic E-state index is -0.384. The zero-order chi connectivity index (χ0) is 22.2. The fourth-order valence-electron chi connectivity index (χ4n) is 2.81. The SMILES string of the molecule is CC(=O)N[C@@H](C)CO/C(O)=C/C(=N)c1ccc(Oc2cccc(OCC3CC3)c2)cc1. The van der Waals surface area contributed by atoms with Crippen molar-refractivity contribution < 1.29 is 24.1 Å². The molecule has 2 aromatic carbocycles. The summed E-state index contributed by atoms with van der Waals surface area (Å²) in [6.07, 6.45) is 3.71. The maximum atomic E-state index is 11.0. The van der Waals surface area contributed by atoms with Crippen LogP contribution in [0.25, 0.3) is 0 Å². The molecule has 1 aliphatic carbocycles. The molecule has 0 aliphatic heterocycles. The normalized spacial score (nSPS) is 14.5. The van der Waals surface area contributed by atoms with Crippen LogP contribution in [0, 0.1) is 11.3 Å². The minimum absolute atomic E-state index is 0.0895. The third kappa shape index (κ3) is 7.70. The van der Waals surface area contributed by atoms with Crippen molar-refractivity contribution in [3.8, 4) is 17.2 Å². The van der Waals surface area contributed by atoms with Gasteiger partial charge in [0, 0.05) is 19.1 Å². The lowest BCUT2D eigenvalue weighted by atomic mass is 10.1. The summed E-state index contributed by atoms with van der Waals surface area (Å²) in [6.45, 7) is 4.02. The molecule has 1 amide bonds. The average molecular weight is 424 g/mol. The van der Waals surface area contributed by atoms with Gasteiger partial charge < -0.3 is 30.0 Å². The second-order valence-corrected chi connectivity index (χ2v) is 7.66. The Labute approximate surface area is 182 Å². The second-order valence-electron chi connectivity index (χ2n) is 7.66. The Bertz CT molecular complexity index is 935. The molecule has 0 spiro atoms. The van der Waals surface area contributed by atoms with Crippen LogP contribution in [0.4, 0.5) is 0 Å². The van der Waals surface area contributed by atoms with E-state index in [0.717, 1.165) is 12.4 Å². The van der Waals surface area contributed by atoms with Gasteiger partial charge in [-0.25, -0.2) is 0 Å². The number of benzene rings is 2. The summed E-state index contributed by atoms with van der Waals surface area (Å²) in [4.78, 5) is 11.0. The highest BCUT2D eigenvalue weighted by atomic mass is 16.6. The van der Waals surface area contributed by atoms with Crippen LogP contribution >= 0.6 is 0 Å². The van der Waals surface area contributed by atoms with E-state index in [1.807, 2.05) is 24.3 Å². The Hall–Kier alpha value is -3.48. The number of aliphatic hydroxyl groups excluding tert-OH is 1. The molecule has 2 aromatic rings. The van der Waals surface area contributed by atoms with Gasteiger partial charge in [-0.2, -0.15) is 0 Å². The van der Waals surface area contributed by atoms with Crippen molar-refractivity contribution in [3.63, 3.8) is 0 Å². The molecule has 3 N–H and O–H groups in total. The van der Waals surface area contributed by atoms with Crippen molar-refractivity contribution >= 4 is 11.6 Å². The van der Waals surface area contributed by atoms with E-state index >= 15 is 0 Å². The number of nitrogens with one attached hydrogen (secondary N) is 2. The van der Waals surface area contributed by atoms with Crippen molar-refractivity contribution in [1.82, 2.24) is 5.32 Å².